The highest BCUT2D eigenvalue weighted by Crippen LogP contribution is 2.26. The molecule has 4 aromatic rings. The maximum atomic E-state index is 11.3. The number of carbonyl (C=O) groups is 1. The first-order chi connectivity index (χ1) is 16.0. The van der Waals surface area contributed by atoms with Gasteiger partial charge in [-0.25, -0.2) is 4.98 Å². The summed E-state index contributed by atoms with van der Waals surface area (Å²) in [5.41, 5.74) is 2.70. The molecule has 0 amide bonds. The maximum Gasteiger partial charge on any atom is 0.308 e. The number of oxazole rings is 1. The molecule has 33 heavy (non-hydrogen) atoms. The zero-order valence-electron chi connectivity index (χ0n) is 18.8. The molecule has 0 radical (unpaired) electrons. The third-order valence-corrected chi connectivity index (χ3v) is 4.79. The third kappa shape index (κ3) is 5.60. The van der Waals surface area contributed by atoms with Crippen molar-refractivity contribution in [2.75, 3.05) is 6.61 Å². The zero-order chi connectivity index (χ0) is 23.2. The van der Waals surface area contributed by atoms with Crippen LogP contribution in [0.3, 0.4) is 0 Å². The second-order valence-electron chi connectivity index (χ2n) is 7.34. The molecule has 4 rings (SSSR count). The van der Waals surface area contributed by atoms with Crippen LogP contribution in [0.2, 0.25) is 0 Å². The van der Waals surface area contributed by atoms with Crippen LogP contribution in [0, 0.1) is 6.92 Å². The molecule has 0 spiro atoms. The largest absolute Gasteiger partial charge is 0.487 e. The normalized spacial score (nSPS) is 10.8. The molecule has 0 saturated carbocycles. The number of esters is 1. The van der Waals surface area contributed by atoms with Crippen molar-refractivity contribution < 1.29 is 23.4 Å². The van der Waals surface area contributed by atoms with Crippen LogP contribution in [-0.2, 0) is 17.9 Å². The molecule has 0 bridgehead atoms. The highest BCUT2D eigenvalue weighted by Gasteiger charge is 2.14. The summed E-state index contributed by atoms with van der Waals surface area (Å²) in [6.07, 6.45) is 1.65. The van der Waals surface area contributed by atoms with Crippen molar-refractivity contribution >= 4 is 5.97 Å². The van der Waals surface area contributed by atoms with Crippen LogP contribution in [0.25, 0.3) is 11.5 Å². The summed E-state index contributed by atoms with van der Waals surface area (Å²) in [5, 5.41) is 4.35. The molecule has 8 heteroatoms. The fourth-order valence-corrected chi connectivity index (χ4v) is 3.22. The van der Waals surface area contributed by atoms with Gasteiger partial charge < -0.3 is 18.6 Å². The Kier molecular flexibility index (Phi) is 6.73. The number of aryl methyl sites for hydroxylation is 1. The van der Waals surface area contributed by atoms with Crippen LogP contribution in [0.4, 0.5) is 0 Å². The van der Waals surface area contributed by atoms with Gasteiger partial charge >= 0.3 is 5.97 Å². The summed E-state index contributed by atoms with van der Waals surface area (Å²) in [7, 11) is 0. The summed E-state index contributed by atoms with van der Waals surface area (Å²) in [6.45, 7) is 6.29. The van der Waals surface area contributed by atoms with E-state index in [0.717, 1.165) is 28.3 Å². The van der Waals surface area contributed by atoms with Crippen LogP contribution < -0.4 is 14.2 Å². The molecule has 0 N–H and O–H groups in total. The van der Waals surface area contributed by atoms with Crippen molar-refractivity contribution in [2.24, 2.45) is 0 Å². The fraction of sp³-hybridized carbons (Fsp3) is 0.240. The van der Waals surface area contributed by atoms with Crippen molar-refractivity contribution in [1.29, 1.82) is 0 Å². The van der Waals surface area contributed by atoms with Gasteiger partial charge in [0, 0.05) is 12.5 Å². The van der Waals surface area contributed by atoms with Gasteiger partial charge in [0.1, 0.15) is 23.8 Å². The van der Waals surface area contributed by atoms with Crippen molar-refractivity contribution in [3.05, 3.63) is 77.8 Å². The zero-order valence-corrected chi connectivity index (χ0v) is 18.8. The van der Waals surface area contributed by atoms with Crippen LogP contribution in [0.1, 0.15) is 30.9 Å². The summed E-state index contributed by atoms with van der Waals surface area (Å²) in [4.78, 5) is 15.9. The van der Waals surface area contributed by atoms with Gasteiger partial charge in [0.2, 0.25) is 11.6 Å². The first kappa shape index (κ1) is 22.1. The monoisotopic (exact) mass is 447 g/mol. The molecule has 0 aliphatic rings. The Hall–Kier alpha value is -4.07. The van der Waals surface area contributed by atoms with Crippen LogP contribution in [0.15, 0.2) is 65.2 Å². The standard InChI is InChI=1S/C25H25N3O5/c1-4-30-25-23(33-18(3)29)15-28(27-25)14-19-10-12-21(13-11-19)31-16-22-17(2)32-24(26-22)20-8-6-5-7-9-20/h5-13,15H,4,14,16H2,1-3H3. The quantitative estimate of drug-likeness (QED) is 0.341. The van der Waals surface area contributed by atoms with Gasteiger partial charge in [0.15, 0.2) is 0 Å². The van der Waals surface area contributed by atoms with Crippen molar-refractivity contribution in [3.8, 4) is 28.8 Å². The SMILES string of the molecule is CCOc1nn(Cc2ccc(OCc3nc(-c4ccccc4)oc3C)cc2)cc1OC(C)=O. The topological polar surface area (TPSA) is 88.6 Å². The number of nitrogens with zero attached hydrogens (tertiary/aromatic N) is 3. The lowest BCUT2D eigenvalue weighted by atomic mass is 10.2. The Morgan fingerprint density at radius 3 is 2.52 bits per heavy atom. The lowest BCUT2D eigenvalue weighted by Gasteiger charge is -2.06. The minimum atomic E-state index is -0.421. The lowest BCUT2D eigenvalue weighted by Crippen LogP contribution is -2.02. The average Bonchev–Trinajstić information content (AvgIpc) is 3.36. The Morgan fingerprint density at radius 1 is 1.06 bits per heavy atom. The van der Waals surface area contributed by atoms with E-state index in [1.807, 2.05) is 68.4 Å². The molecule has 0 atom stereocenters. The van der Waals surface area contributed by atoms with Gasteiger partial charge in [-0.15, -0.1) is 5.10 Å². The van der Waals surface area contributed by atoms with Crippen molar-refractivity contribution in [1.82, 2.24) is 14.8 Å². The predicted octanol–water partition coefficient (Wildman–Crippen LogP) is 4.80. The van der Waals surface area contributed by atoms with Crippen LogP contribution >= 0.6 is 0 Å². The van der Waals surface area contributed by atoms with E-state index < -0.39 is 5.97 Å². The Morgan fingerprint density at radius 2 is 1.82 bits per heavy atom. The second-order valence-corrected chi connectivity index (χ2v) is 7.34. The number of rotatable bonds is 9. The first-order valence-corrected chi connectivity index (χ1v) is 10.6. The van der Waals surface area contributed by atoms with E-state index in [2.05, 4.69) is 10.1 Å². The number of benzene rings is 2. The number of aromatic nitrogens is 3. The molecule has 2 aromatic heterocycles. The van der Waals surface area contributed by atoms with Gasteiger partial charge in [-0.3, -0.25) is 9.48 Å². The van der Waals surface area contributed by atoms with Gasteiger partial charge in [-0.2, -0.15) is 0 Å². The Labute approximate surface area is 191 Å². The number of carbonyl (C=O) groups excluding carboxylic acids is 1. The van der Waals surface area contributed by atoms with E-state index in [0.29, 0.717) is 37.3 Å². The minimum absolute atomic E-state index is 0.297. The van der Waals surface area contributed by atoms with E-state index >= 15 is 0 Å². The molecule has 2 aromatic carbocycles. The molecular formula is C25H25N3O5. The molecular weight excluding hydrogens is 422 g/mol. The van der Waals surface area contributed by atoms with Crippen LogP contribution in [0.5, 0.6) is 17.4 Å². The Balaban J connectivity index is 1.38. The smallest absolute Gasteiger partial charge is 0.308 e. The molecule has 0 saturated heterocycles. The molecule has 0 aliphatic carbocycles. The summed E-state index contributed by atoms with van der Waals surface area (Å²) < 4.78 is 24.0. The molecule has 0 fully saturated rings. The van der Waals surface area contributed by atoms with E-state index in [-0.39, 0.29) is 0 Å². The summed E-state index contributed by atoms with van der Waals surface area (Å²) in [5.74, 6) is 2.22. The molecule has 170 valence electrons. The Bertz CT molecular complexity index is 1210. The molecule has 2 heterocycles. The summed E-state index contributed by atoms with van der Waals surface area (Å²) in [6, 6.07) is 17.5. The molecule has 0 unspecified atom stereocenters. The first-order valence-electron chi connectivity index (χ1n) is 10.6. The van der Waals surface area contributed by atoms with E-state index in [1.54, 1.807) is 10.9 Å². The third-order valence-electron chi connectivity index (χ3n) is 4.79. The number of hydrogen-bond acceptors (Lipinski definition) is 7. The summed E-state index contributed by atoms with van der Waals surface area (Å²) >= 11 is 0. The molecule has 8 nitrogen and oxygen atoms in total. The van der Waals surface area contributed by atoms with Gasteiger partial charge in [0.05, 0.1) is 19.3 Å². The van der Waals surface area contributed by atoms with E-state index in [4.69, 9.17) is 18.6 Å². The minimum Gasteiger partial charge on any atom is -0.487 e. The fourth-order valence-electron chi connectivity index (χ4n) is 3.22. The van der Waals surface area contributed by atoms with Gasteiger partial charge in [-0.05, 0) is 43.7 Å². The lowest BCUT2D eigenvalue weighted by molar-refractivity contribution is -0.132. The van der Waals surface area contributed by atoms with Gasteiger partial charge in [-0.1, -0.05) is 30.3 Å². The van der Waals surface area contributed by atoms with Crippen LogP contribution in [-0.4, -0.2) is 27.3 Å². The second kappa shape index (κ2) is 10.0. The average molecular weight is 447 g/mol. The predicted molar refractivity (Wildman–Crippen MR) is 121 cm³/mol. The molecule has 0 aliphatic heterocycles. The van der Waals surface area contributed by atoms with E-state index in [9.17, 15) is 4.79 Å². The number of hydrogen-bond donors (Lipinski definition) is 0. The maximum absolute atomic E-state index is 11.3. The highest BCUT2D eigenvalue weighted by atomic mass is 16.6. The van der Waals surface area contributed by atoms with Gasteiger partial charge in [0.25, 0.3) is 5.88 Å². The van der Waals surface area contributed by atoms with Crippen molar-refractivity contribution in [3.63, 3.8) is 0 Å². The highest BCUT2D eigenvalue weighted by molar-refractivity contribution is 5.69. The van der Waals surface area contributed by atoms with E-state index in [1.165, 1.54) is 6.92 Å². The van der Waals surface area contributed by atoms with Crippen molar-refractivity contribution in [2.45, 2.75) is 33.9 Å². The number of ether oxygens (including phenoxy) is 3.